The van der Waals surface area contributed by atoms with Crippen molar-refractivity contribution in [3.63, 3.8) is 0 Å². The van der Waals surface area contributed by atoms with Gasteiger partial charge in [0.05, 0.1) is 0 Å². The van der Waals surface area contributed by atoms with E-state index in [9.17, 15) is 4.79 Å². The van der Waals surface area contributed by atoms with Crippen molar-refractivity contribution < 1.29 is 9.53 Å². The normalized spacial score (nSPS) is 21.3. The minimum atomic E-state index is -0.725. The number of nitrogens with two attached hydrogens (primary N) is 1. The SMILES string of the molecule is CC(C)(C)OC(N)=O.N=C1CCCC12CC2. The molecule has 0 heterocycles. The number of nitrogens with one attached hydrogen (secondary N) is 1. The van der Waals surface area contributed by atoms with Crippen LogP contribution in [0.15, 0.2) is 0 Å². The Morgan fingerprint density at radius 2 is 1.94 bits per heavy atom. The van der Waals surface area contributed by atoms with Gasteiger partial charge >= 0.3 is 6.09 Å². The Morgan fingerprint density at radius 3 is 2.06 bits per heavy atom. The molecule has 2 saturated carbocycles. The maximum absolute atomic E-state index is 10.0. The third-order valence-electron chi connectivity index (χ3n) is 2.98. The van der Waals surface area contributed by atoms with E-state index in [1.807, 2.05) is 0 Å². The molecule has 2 fully saturated rings. The molecule has 0 aromatic rings. The standard InChI is InChI=1S/C7H11N.C5H11NO2/c8-6-2-1-3-7(6)4-5-7;1-5(2,3)8-4(6)7/h8H,1-5H2;1-3H3,(H2,6,7). The Balaban J connectivity index is 0.000000160. The smallest absolute Gasteiger partial charge is 0.405 e. The summed E-state index contributed by atoms with van der Waals surface area (Å²) < 4.78 is 4.58. The first-order valence-corrected chi connectivity index (χ1v) is 5.82. The predicted octanol–water partition coefficient (Wildman–Crippen LogP) is 2.85. The van der Waals surface area contributed by atoms with E-state index in [2.05, 4.69) is 4.74 Å². The summed E-state index contributed by atoms with van der Waals surface area (Å²) in [6.07, 6.45) is 5.64. The van der Waals surface area contributed by atoms with Gasteiger partial charge in [-0.1, -0.05) is 0 Å². The number of carbonyl (C=O) groups is 1. The minimum Gasteiger partial charge on any atom is -0.444 e. The van der Waals surface area contributed by atoms with Crippen LogP contribution >= 0.6 is 0 Å². The molecule has 4 nitrogen and oxygen atoms in total. The van der Waals surface area contributed by atoms with E-state index in [1.54, 1.807) is 20.8 Å². The van der Waals surface area contributed by atoms with Crippen LogP contribution in [-0.4, -0.2) is 17.4 Å². The molecule has 0 atom stereocenters. The zero-order valence-corrected chi connectivity index (χ0v) is 10.4. The fourth-order valence-electron chi connectivity index (χ4n) is 2.02. The van der Waals surface area contributed by atoms with E-state index in [0.717, 1.165) is 12.1 Å². The summed E-state index contributed by atoms with van der Waals surface area (Å²) in [6.45, 7) is 5.28. The Bertz CT molecular complexity index is 288. The summed E-state index contributed by atoms with van der Waals surface area (Å²) in [7, 11) is 0. The zero-order valence-electron chi connectivity index (χ0n) is 10.4. The highest BCUT2D eigenvalue weighted by molar-refractivity contribution is 5.91. The summed E-state index contributed by atoms with van der Waals surface area (Å²) in [5.74, 6) is 0. The average molecular weight is 226 g/mol. The van der Waals surface area contributed by atoms with Crippen LogP contribution in [0.5, 0.6) is 0 Å². The van der Waals surface area contributed by atoms with Gasteiger partial charge in [0, 0.05) is 11.1 Å². The van der Waals surface area contributed by atoms with Crippen LogP contribution in [0, 0.1) is 10.8 Å². The number of rotatable bonds is 0. The van der Waals surface area contributed by atoms with E-state index in [0.29, 0.717) is 5.41 Å². The minimum absolute atomic E-state index is 0.453. The van der Waals surface area contributed by atoms with Crippen LogP contribution in [0.4, 0.5) is 4.79 Å². The molecule has 0 aromatic carbocycles. The molecule has 1 spiro atoms. The third-order valence-corrected chi connectivity index (χ3v) is 2.98. The zero-order chi connectivity index (χ0) is 12.4. The highest BCUT2D eigenvalue weighted by Crippen LogP contribution is 2.55. The molecule has 0 unspecified atom stereocenters. The Labute approximate surface area is 97.0 Å². The van der Waals surface area contributed by atoms with E-state index in [4.69, 9.17) is 11.1 Å². The van der Waals surface area contributed by atoms with Gasteiger partial charge in [0.15, 0.2) is 0 Å². The van der Waals surface area contributed by atoms with Crippen molar-refractivity contribution >= 4 is 11.8 Å². The van der Waals surface area contributed by atoms with Crippen molar-refractivity contribution in [2.75, 3.05) is 0 Å². The van der Waals surface area contributed by atoms with Crippen molar-refractivity contribution in [3.8, 4) is 0 Å². The molecule has 4 heteroatoms. The Morgan fingerprint density at radius 1 is 1.38 bits per heavy atom. The number of carbonyl (C=O) groups excluding carboxylic acids is 1. The second-order valence-electron chi connectivity index (χ2n) is 5.65. The summed E-state index contributed by atoms with van der Waals surface area (Å²) in [5.41, 5.74) is 5.80. The van der Waals surface area contributed by atoms with Crippen molar-refractivity contribution in [2.24, 2.45) is 11.1 Å². The number of amides is 1. The largest absolute Gasteiger partial charge is 0.444 e. The van der Waals surface area contributed by atoms with E-state index < -0.39 is 11.7 Å². The molecule has 16 heavy (non-hydrogen) atoms. The van der Waals surface area contributed by atoms with Gasteiger partial charge in [-0.25, -0.2) is 4.79 Å². The molecule has 0 aliphatic heterocycles. The van der Waals surface area contributed by atoms with Gasteiger partial charge in [0.2, 0.25) is 0 Å². The van der Waals surface area contributed by atoms with Gasteiger partial charge in [0.1, 0.15) is 5.60 Å². The van der Waals surface area contributed by atoms with Crippen LogP contribution in [0.2, 0.25) is 0 Å². The Hall–Kier alpha value is -1.06. The lowest BCUT2D eigenvalue weighted by Gasteiger charge is -2.16. The van der Waals surface area contributed by atoms with Gasteiger partial charge in [-0.05, 0) is 52.9 Å². The van der Waals surface area contributed by atoms with Crippen molar-refractivity contribution in [1.82, 2.24) is 0 Å². The summed E-state index contributed by atoms with van der Waals surface area (Å²) in [4.78, 5) is 10.0. The topological polar surface area (TPSA) is 76.2 Å². The predicted molar refractivity (Wildman–Crippen MR) is 63.7 cm³/mol. The van der Waals surface area contributed by atoms with E-state index >= 15 is 0 Å². The molecule has 2 aliphatic carbocycles. The van der Waals surface area contributed by atoms with E-state index in [-0.39, 0.29) is 0 Å². The molecular formula is C12H22N2O2. The molecule has 0 saturated heterocycles. The third kappa shape index (κ3) is 3.83. The molecule has 1 amide bonds. The van der Waals surface area contributed by atoms with Crippen LogP contribution < -0.4 is 5.73 Å². The van der Waals surface area contributed by atoms with Crippen molar-refractivity contribution in [2.45, 2.75) is 58.5 Å². The van der Waals surface area contributed by atoms with Gasteiger partial charge in [-0.3, -0.25) is 0 Å². The average Bonchev–Trinajstić information content (AvgIpc) is 2.72. The number of primary amides is 1. The lowest BCUT2D eigenvalue weighted by atomic mass is 10.1. The first-order valence-electron chi connectivity index (χ1n) is 5.82. The number of ether oxygens (including phenoxy) is 1. The molecule has 92 valence electrons. The Kier molecular flexibility index (Phi) is 3.61. The van der Waals surface area contributed by atoms with Crippen LogP contribution in [0.25, 0.3) is 0 Å². The van der Waals surface area contributed by atoms with Crippen LogP contribution in [-0.2, 0) is 4.74 Å². The molecule has 0 radical (unpaired) electrons. The molecular weight excluding hydrogens is 204 g/mol. The second-order valence-corrected chi connectivity index (χ2v) is 5.65. The van der Waals surface area contributed by atoms with E-state index in [1.165, 1.54) is 25.7 Å². The van der Waals surface area contributed by atoms with Crippen LogP contribution in [0.1, 0.15) is 52.9 Å². The number of hydrogen-bond acceptors (Lipinski definition) is 3. The monoisotopic (exact) mass is 226 g/mol. The fourth-order valence-corrected chi connectivity index (χ4v) is 2.02. The van der Waals surface area contributed by atoms with Gasteiger partial charge in [0.25, 0.3) is 0 Å². The van der Waals surface area contributed by atoms with Gasteiger partial charge in [-0.2, -0.15) is 0 Å². The quantitative estimate of drug-likeness (QED) is 0.666. The second kappa shape index (κ2) is 4.44. The summed E-state index contributed by atoms with van der Waals surface area (Å²) in [5, 5.41) is 7.51. The maximum Gasteiger partial charge on any atom is 0.405 e. The van der Waals surface area contributed by atoms with Crippen molar-refractivity contribution in [1.29, 1.82) is 5.41 Å². The van der Waals surface area contributed by atoms with Gasteiger partial charge in [-0.15, -0.1) is 0 Å². The maximum atomic E-state index is 10.0. The molecule has 3 N–H and O–H groups in total. The van der Waals surface area contributed by atoms with Crippen LogP contribution in [0.3, 0.4) is 0 Å². The van der Waals surface area contributed by atoms with Crippen molar-refractivity contribution in [3.05, 3.63) is 0 Å². The number of hydrogen-bond donors (Lipinski definition) is 2. The van der Waals surface area contributed by atoms with Gasteiger partial charge < -0.3 is 15.9 Å². The lowest BCUT2D eigenvalue weighted by molar-refractivity contribution is 0.0600. The molecule has 0 bridgehead atoms. The first-order chi connectivity index (χ1) is 7.25. The highest BCUT2D eigenvalue weighted by atomic mass is 16.6. The molecule has 2 rings (SSSR count). The first kappa shape index (κ1) is 13.0. The highest BCUT2D eigenvalue weighted by Gasteiger charge is 2.48. The fraction of sp³-hybridized carbons (Fsp3) is 0.833. The summed E-state index contributed by atoms with van der Waals surface area (Å²) in [6, 6.07) is 0. The molecule has 0 aromatic heterocycles. The lowest BCUT2D eigenvalue weighted by Crippen LogP contribution is -2.27. The summed E-state index contributed by atoms with van der Waals surface area (Å²) >= 11 is 0. The molecule has 2 aliphatic rings.